The summed E-state index contributed by atoms with van der Waals surface area (Å²) in [6, 6.07) is 23.2. The predicted molar refractivity (Wildman–Crippen MR) is 168 cm³/mol. The average molecular weight is 557 g/mol. The standard InChI is InChI=1S/C36H32N2O4/c1-35(2,3)41-33(39)23-11-15-31-27(19-23)25-17-21(9-13-29(25)37-31)7-8-22-10-14-30-26(18-22)28-20-24(12-16-32(28)38-30)34(40)42-36(4,5)6/h9-20,37-38H,1-6H3. The van der Waals surface area contributed by atoms with Gasteiger partial charge in [-0.3, -0.25) is 0 Å². The second-order valence-corrected chi connectivity index (χ2v) is 12.5. The van der Waals surface area contributed by atoms with Gasteiger partial charge in [0.15, 0.2) is 0 Å². The van der Waals surface area contributed by atoms with Crippen molar-refractivity contribution in [2.75, 3.05) is 0 Å². The van der Waals surface area contributed by atoms with Crippen molar-refractivity contribution in [1.29, 1.82) is 0 Å². The normalized spacial score (nSPS) is 12.0. The number of fused-ring (bicyclic) bond motifs is 6. The lowest BCUT2D eigenvalue weighted by Crippen LogP contribution is -2.23. The van der Waals surface area contributed by atoms with E-state index in [2.05, 4.69) is 21.8 Å². The van der Waals surface area contributed by atoms with Crippen LogP contribution in [0.3, 0.4) is 0 Å². The SMILES string of the molecule is CC(C)(C)OC(=O)c1ccc2[nH]c3ccc(C#Cc4ccc5[nH]c6ccc(C(=O)OC(C)(C)C)cc6c5c4)cc3c2c1. The van der Waals surface area contributed by atoms with Crippen LogP contribution in [0.1, 0.15) is 73.4 Å². The molecule has 2 heterocycles. The summed E-state index contributed by atoms with van der Waals surface area (Å²) in [6.45, 7) is 11.2. The number of hydrogen-bond donors (Lipinski definition) is 2. The van der Waals surface area contributed by atoms with Gasteiger partial charge in [0.25, 0.3) is 0 Å². The van der Waals surface area contributed by atoms with E-state index >= 15 is 0 Å². The number of esters is 2. The largest absolute Gasteiger partial charge is 0.456 e. The van der Waals surface area contributed by atoms with Crippen molar-refractivity contribution >= 4 is 55.6 Å². The molecule has 0 radical (unpaired) electrons. The Hall–Kier alpha value is -5.02. The fourth-order valence-electron chi connectivity index (χ4n) is 5.02. The third-order valence-electron chi connectivity index (χ3n) is 6.82. The Kier molecular flexibility index (Phi) is 6.35. The summed E-state index contributed by atoms with van der Waals surface area (Å²) in [7, 11) is 0. The molecule has 6 aromatic rings. The number of aromatic nitrogens is 2. The fraction of sp³-hybridized carbons (Fsp3) is 0.222. The summed E-state index contributed by atoms with van der Waals surface area (Å²) >= 11 is 0. The first-order valence-electron chi connectivity index (χ1n) is 13.9. The lowest BCUT2D eigenvalue weighted by molar-refractivity contribution is 0.00572. The number of benzene rings is 4. The Balaban J connectivity index is 1.34. The van der Waals surface area contributed by atoms with Gasteiger partial charge in [-0.25, -0.2) is 9.59 Å². The first-order chi connectivity index (χ1) is 19.8. The van der Waals surface area contributed by atoms with Crippen molar-refractivity contribution in [2.24, 2.45) is 0 Å². The van der Waals surface area contributed by atoms with Crippen molar-refractivity contribution in [3.05, 3.63) is 95.1 Å². The topological polar surface area (TPSA) is 84.2 Å². The second kappa shape index (κ2) is 9.81. The van der Waals surface area contributed by atoms with E-state index in [1.165, 1.54) is 0 Å². The minimum absolute atomic E-state index is 0.347. The summed E-state index contributed by atoms with van der Waals surface area (Å²) < 4.78 is 11.1. The monoisotopic (exact) mass is 556 g/mol. The zero-order chi connectivity index (χ0) is 29.8. The summed E-state index contributed by atoms with van der Waals surface area (Å²) in [5.41, 5.74) is 5.44. The molecule has 0 fully saturated rings. The van der Waals surface area contributed by atoms with Crippen molar-refractivity contribution in [2.45, 2.75) is 52.7 Å². The van der Waals surface area contributed by atoms with Crippen LogP contribution < -0.4 is 0 Å². The lowest BCUT2D eigenvalue weighted by Gasteiger charge is -2.19. The van der Waals surface area contributed by atoms with Crippen molar-refractivity contribution in [3.8, 4) is 11.8 Å². The molecule has 0 aliphatic rings. The van der Waals surface area contributed by atoms with Gasteiger partial charge in [-0.15, -0.1) is 0 Å². The smallest absolute Gasteiger partial charge is 0.338 e. The zero-order valence-electron chi connectivity index (χ0n) is 24.6. The van der Waals surface area contributed by atoms with Gasteiger partial charge in [-0.2, -0.15) is 0 Å². The average Bonchev–Trinajstić information content (AvgIpc) is 3.46. The molecule has 210 valence electrons. The molecule has 0 unspecified atom stereocenters. The van der Waals surface area contributed by atoms with Crippen molar-refractivity contribution in [1.82, 2.24) is 9.97 Å². The van der Waals surface area contributed by atoms with E-state index in [9.17, 15) is 9.59 Å². The molecule has 6 nitrogen and oxygen atoms in total. The van der Waals surface area contributed by atoms with E-state index in [1.54, 1.807) is 12.1 Å². The number of nitrogens with one attached hydrogen (secondary N) is 2. The van der Waals surface area contributed by atoms with E-state index in [1.807, 2.05) is 102 Å². The van der Waals surface area contributed by atoms with Crippen LogP contribution in [0.2, 0.25) is 0 Å². The molecule has 0 bridgehead atoms. The molecule has 6 heteroatoms. The highest BCUT2D eigenvalue weighted by Crippen LogP contribution is 2.29. The second-order valence-electron chi connectivity index (χ2n) is 12.5. The third-order valence-corrected chi connectivity index (χ3v) is 6.82. The van der Waals surface area contributed by atoms with Gasteiger partial charge < -0.3 is 19.4 Å². The van der Waals surface area contributed by atoms with Crippen LogP contribution in [0, 0.1) is 11.8 Å². The van der Waals surface area contributed by atoms with E-state index in [0.29, 0.717) is 11.1 Å². The van der Waals surface area contributed by atoms with E-state index in [0.717, 1.165) is 54.7 Å². The molecule has 0 saturated heterocycles. The first-order valence-corrected chi connectivity index (χ1v) is 13.9. The van der Waals surface area contributed by atoms with Crippen molar-refractivity contribution in [3.63, 3.8) is 0 Å². The highest BCUT2D eigenvalue weighted by Gasteiger charge is 2.20. The maximum absolute atomic E-state index is 12.7. The lowest BCUT2D eigenvalue weighted by atomic mass is 10.1. The number of H-pyrrole nitrogens is 2. The quantitative estimate of drug-likeness (QED) is 0.166. The number of ether oxygens (including phenoxy) is 2. The number of aromatic amines is 2. The Bertz CT molecular complexity index is 1950. The molecule has 2 N–H and O–H groups in total. The van der Waals surface area contributed by atoms with Crippen LogP contribution in [0.25, 0.3) is 43.6 Å². The highest BCUT2D eigenvalue weighted by molar-refractivity contribution is 6.11. The van der Waals surface area contributed by atoms with Gasteiger partial charge in [0, 0.05) is 54.7 Å². The minimum Gasteiger partial charge on any atom is -0.456 e. The van der Waals surface area contributed by atoms with Gasteiger partial charge >= 0.3 is 11.9 Å². The number of rotatable bonds is 2. The Morgan fingerprint density at radius 1 is 0.524 bits per heavy atom. The van der Waals surface area contributed by atoms with Crippen LogP contribution in [-0.2, 0) is 9.47 Å². The van der Waals surface area contributed by atoms with Crippen LogP contribution >= 0.6 is 0 Å². The molecule has 2 aromatic heterocycles. The Labute approximate surface area is 244 Å². The van der Waals surface area contributed by atoms with Gasteiger partial charge in [0.05, 0.1) is 11.1 Å². The number of carbonyl (C=O) groups is 2. The zero-order valence-corrected chi connectivity index (χ0v) is 24.6. The fourth-order valence-corrected chi connectivity index (χ4v) is 5.02. The van der Waals surface area contributed by atoms with E-state index in [4.69, 9.17) is 9.47 Å². The molecular formula is C36H32N2O4. The minimum atomic E-state index is -0.564. The molecule has 0 spiro atoms. The van der Waals surface area contributed by atoms with Gasteiger partial charge in [0.2, 0.25) is 0 Å². The molecular weight excluding hydrogens is 524 g/mol. The molecule has 0 aliphatic carbocycles. The van der Waals surface area contributed by atoms with E-state index in [-0.39, 0.29) is 11.9 Å². The Morgan fingerprint density at radius 3 is 1.21 bits per heavy atom. The summed E-state index contributed by atoms with van der Waals surface area (Å²) in [5, 5.41) is 3.86. The van der Waals surface area contributed by atoms with Gasteiger partial charge in [0.1, 0.15) is 11.2 Å². The molecule has 0 amide bonds. The Morgan fingerprint density at radius 2 is 0.857 bits per heavy atom. The third kappa shape index (κ3) is 5.46. The molecule has 0 saturated carbocycles. The molecule has 6 rings (SSSR count). The van der Waals surface area contributed by atoms with E-state index < -0.39 is 11.2 Å². The van der Waals surface area contributed by atoms with Crippen molar-refractivity contribution < 1.29 is 19.1 Å². The number of hydrogen-bond acceptors (Lipinski definition) is 4. The van der Waals surface area contributed by atoms with Crippen LogP contribution in [0.5, 0.6) is 0 Å². The van der Waals surface area contributed by atoms with Crippen LogP contribution in [0.15, 0.2) is 72.8 Å². The summed E-state index contributed by atoms with van der Waals surface area (Å²) in [5.74, 6) is 5.90. The summed E-state index contributed by atoms with van der Waals surface area (Å²) in [4.78, 5) is 32.2. The van der Waals surface area contributed by atoms with Gasteiger partial charge in [-0.05, 0) is 114 Å². The predicted octanol–water partition coefficient (Wildman–Crippen LogP) is 8.27. The highest BCUT2D eigenvalue weighted by atomic mass is 16.6. The maximum Gasteiger partial charge on any atom is 0.338 e. The maximum atomic E-state index is 12.7. The molecule has 4 aromatic carbocycles. The molecule has 0 aliphatic heterocycles. The van der Waals surface area contributed by atoms with Crippen LogP contribution in [0.4, 0.5) is 0 Å². The molecule has 0 atom stereocenters. The first kappa shape index (κ1) is 27.2. The molecule has 42 heavy (non-hydrogen) atoms. The summed E-state index contributed by atoms with van der Waals surface area (Å²) in [6.07, 6.45) is 0. The number of carbonyl (C=O) groups excluding carboxylic acids is 2. The van der Waals surface area contributed by atoms with Crippen LogP contribution in [-0.4, -0.2) is 33.1 Å². The van der Waals surface area contributed by atoms with Gasteiger partial charge in [-0.1, -0.05) is 11.8 Å².